The van der Waals surface area contributed by atoms with Gasteiger partial charge in [0, 0.05) is 31.5 Å². The minimum atomic E-state index is 0.890. The minimum Gasteiger partial charge on any atom is -0.381 e. The summed E-state index contributed by atoms with van der Waals surface area (Å²) in [7, 11) is 2.19. The van der Waals surface area contributed by atoms with Crippen LogP contribution in [0.2, 0.25) is 0 Å². The molecule has 0 atom stereocenters. The Labute approximate surface area is 127 Å². The Hall–Kier alpha value is -1.96. The molecule has 0 saturated carbocycles. The predicted molar refractivity (Wildman–Crippen MR) is 91.3 cm³/mol. The van der Waals surface area contributed by atoms with Crippen LogP contribution in [0, 0.1) is 13.8 Å². The molecule has 1 heterocycles. The summed E-state index contributed by atoms with van der Waals surface area (Å²) in [6.07, 6.45) is 2.47. The van der Waals surface area contributed by atoms with Gasteiger partial charge in [0.2, 0.25) is 0 Å². The lowest BCUT2D eigenvalue weighted by atomic mass is 9.99. The number of anilines is 2. The highest BCUT2D eigenvalue weighted by molar-refractivity contribution is 5.57. The molecule has 1 N–H and O–H groups in total. The van der Waals surface area contributed by atoms with Crippen molar-refractivity contribution in [1.29, 1.82) is 0 Å². The van der Waals surface area contributed by atoms with E-state index in [1.165, 1.54) is 53.0 Å². The molecule has 0 saturated heterocycles. The van der Waals surface area contributed by atoms with Crippen molar-refractivity contribution >= 4 is 11.4 Å². The molecule has 0 fully saturated rings. The summed E-state index contributed by atoms with van der Waals surface area (Å²) in [6.45, 7) is 6.36. The van der Waals surface area contributed by atoms with Gasteiger partial charge >= 0.3 is 0 Å². The first kappa shape index (κ1) is 14.0. The van der Waals surface area contributed by atoms with Crippen molar-refractivity contribution in [1.82, 2.24) is 0 Å². The number of hydrogen-bond donors (Lipinski definition) is 1. The maximum absolute atomic E-state index is 3.56. The Morgan fingerprint density at radius 2 is 1.95 bits per heavy atom. The highest BCUT2D eigenvalue weighted by Gasteiger charge is 2.13. The summed E-state index contributed by atoms with van der Waals surface area (Å²) in [5.74, 6) is 0. The van der Waals surface area contributed by atoms with Crippen LogP contribution in [0.4, 0.5) is 11.4 Å². The first-order chi connectivity index (χ1) is 10.1. The van der Waals surface area contributed by atoms with Crippen LogP contribution >= 0.6 is 0 Å². The monoisotopic (exact) mass is 280 g/mol. The van der Waals surface area contributed by atoms with E-state index in [2.05, 4.69) is 67.5 Å². The molecule has 0 unspecified atom stereocenters. The molecular formula is C19H24N2. The first-order valence-electron chi connectivity index (χ1n) is 7.77. The van der Waals surface area contributed by atoms with E-state index in [4.69, 9.17) is 0 Å². The predicted octanol–water partition coefficient (Wildman–Crippen LogP) is 4.30. The van der Waals surface area contributed by atoms with Gasteiger partial charge < -0.3 is 10.2 Å². The average Bonchev–Trinajstić information content (AvgIpc) is 2.46. The number of rotatable bonds is 3. The Balaban J connectivity index is 1.73. The van der Waals surface area contributed by atoms with Gasteiger partial charge in [0.25, 0.3) is 0 Å². The number of nitrogens with zero attached hydrogens (tertiary/aromatic N) is 1. The Morgan fingerprint density at radius 1 is 1.10 bits per heavy atom. The molecule has 0 spiro atoms. The first-order valence-corrected chi connectivity index (χ1v) is 7.77. The van der Waals surface area contributed by atoms with Crippen LogP contribution in [-0.2, 0) is 13.0 Å². The molecule has 0 amide bonds. The summed E-state index contributed by atoms with van der Waals surface area (Å²) < 4.78 is 0. The maximum atomic E-state index is 3.56. The van der Waals surface area contributed by atoms with Crippen molar-refractivity contribution in [3.05, 3.63) is 58.7 Å². The van der Waals surface area contributed by atoms with Crippen molar-refractivity contribution < 1.29 is 0 Å². The molecule has 21 heavy (non-hydrogen) atoms. The highest BCUT2D eigenvalue weighted by atomic mass is 15.1. The topological polar surface area (TPSA) is 15.3 Å². The molecule has 0 radical (unpaired) electrons. The summed E-state index contributed by atoms with van der Waals surface area (Å²) >= 11 is 0. The number of nitrogens with one attached hydrogen (secondary N) is 1. The zero-order chi connectivity index (χ0) is 14.8. The lowest BCUT2D eigenvalue weighted by Crippen LogP contribution is -2.24. The van der Waals surface area contributed by atoms with Crippen molar-refractivity contribution in [2.24, 2.45) is 0 Å². The standard InChI is InChI=1S/C19H24N2/c1-14-6-8-18(15(2)11-14)20-13-16-7-9-19-17(12-16)5-4-10-21(19)3/h6-9,11-12,20H,4-5,10,13H2,1-3H3. The highest BCUT2D eigenvalue weighted by Crippen LogP contribution is 2.27. The molecule has 0 aliphatic carbocycles. The summed E-state index contributed by atoms with van der Waals surface area (Å²) in [5, 5.41) is 3.56. The van der Waals surface area contributed by atoms with Gasteiger partial charge in [0.05, 0.1) is 0 Å². The molecule has 0 bridgehead atoms. The van der Waals surface area contributed by atoms with Gasteiger partial charge in [-0.05, 0) is 55.5 Å². The molecule has 0 aromatic heterocycles. The Morgan fingerprint density at radius 3 is 2.76 bits per heavy atom. The third kappa shape index (κ3) is 3.05. The van der Waals surface area contributed by atoms with Gasteiger partial charge in [-0.15, -0.1) is 0 Å². The van der Waals surface area contributed by atoms with Crippen LogP contribution in [-0.4, -0.2) is 13.6 Å². The van der Waals surface area contributed by atoms with Crippen LogP contribution in [0.3, 0.4) is 0 Å². The van der Waals surface area contributed by atoms with E-state index in [1.54, 1.807) is 0 Å². The second kappa shape index (κ2) is 5.80. The fraction of sp³-hybridized carbons (Fsp3) is 0.368. The van der Waals surface area contributed by atoms with E-state index in [-0.39, 0.29) is 0 Å². The molecule has 110 valence electrons. The fourth-order valence-electron chi connectivity index (χ4n) is 3.16. The second-order valence-corrected chi connectivity index (χ2v) is 6.16. The van der Waals surface area contributed by atoms with Gasteiger partial charge in [-0.2, -0.15) is 0 Å². The van der Waals surface area contributed by atoms with Crippen LogP contribution in [0.1, 0.15) is 28.7 Å². The third-order valence-electron chi connectivity index (χ3n) is 4.36. The van der Waals surface area contributed by atoms with Crippen molar-refractivity contribution in [2.45, 2.75) is 33.2 Å². The van der Waals surface area contributed by atoms with Crippen molar-refractivity contribution in [2.75, 3.05) is 23.8 Å². The third-order valence-corrected chi connectivity index (χ3v) is 4.36. The van der Waals surface area contributed by atoms with Gasteiger partial charge in [-0.3, -0.25) is 0 Å². The van der Waals surface area contributed by atoms with E-state index >= 15 is 0 Å². The number of benzene rings is 2. The van der Waals surface area contributed by atoms with E-state index in [9.17, 15) is 0 Å². The quantitative estimate of drug-likeness (QED) is 0.902. The molecular weight excluding hydrogens is 256 g/mol. The van der Waals surface area contributed by atoms with E-state index in [1.807, 2.05) is 0 Å². The van der Waals surface area contributed by atoms with Crippen LogP contribution < -0.4 is 10.2 Å². The van der Waals surface area contributed by atoms with Crippen LogP contribution in [0.15, 0.2) is 36.4 Å². The summed E-state index contributed by atoms with van der Waals surface area (Å²) in [5.41, 5.74) is 8.11. The molecule has 1 aliphatic rings. The van der Waals surface area contributed by atoms with E-state index in [0.717, 1.165) is 6.54 Å². The van der Waals surface area contributed by atoms with Crippen LogP contribution in [0.25, 0.3) is 0 Å². The normalized spacial score (nSPS) is 14.0. The molecule has 1 aliphatic heterocycles. The zero-order valence-corrected chi connectivity index (χ0v) is 13.2. The van der Waals surface area contributed by atoms with Crippen molar-refractivity contribution in [3.8, 4) is 0 Å². The Kier molecular flexibility index (Phi) is 3.87. The summed E-state index contributed by atoms with van der Waals surface area (Å²) in [6, 6.07) is 13.4. The second-order valence-electron chi connectivity index (χ2n) is 6.16. The largest absolute Gasteiger partial charge is 0.381 e. The van der Waals surface area contributed by atoms with Gasteiger partial charge in [0.1, 0.15) is 0 Å². The van der Waals surface area contributed by atoms with Gasteiger partial charge in [-0.25, -0.2) is 0 Å². The van der Waals surface area contributed by atoms with E-state index in [0.29, 0.717) is 0 Å². The molecule has 2 nitrogen and oxygen atoms in total. The average molecular weight is 280 g/mol. The zero-order valence-electron chi connectivity index (χ0n) is 13.2. The lowest BCUT2D eigenvalue weighted by Gasteiger charge is -2.28. The fourth-order valence-corrected chi connectivity index (χ4v) is 3.16. The lowest BCUT2D eigenvalue weighted by molar-refractivity contribution is 0.743. The molecule has 2 aromatic rings. The van der Waals surface area contributed by atoms with Gasteiger partial charge in [0.15, 0.2) is 0 Å². The molecule has 2 heteroatoms. The van der Waals surface area contributed by atoms with E-state index < -0.39 is 0 Å². The minimum absolute atomic E-state index is 0.890. The van der Waals surface area contributed by atoms with Gasteiger partial charge in [-0.1, -0.05) is 29.8 Å². The SMILES string of the molecule is Cc1ccc(NCc2ccc3c(c2)CCCN3C)c(C)c1. The van der Waals surface area contributed by atoms with Crippen LogP contribution in [0.5, 0.6) is 0 Å². The number of hydrogen-bond acceptors (Lipinski definition) is 2. The maximum Gasteiger partial charge on any atom is 0.0401 e. The summed E-state index contributed by atoms with van der Waals surface area (Å²) in [4.78, 5) is 2.36. The molecule has 3 rings (SSSR count). The molecule has 2 aromatic carbocycles. The Bertz CT molecular complexity index is 646. The number of fused-ring (bicyclic) bond motifs is 1. The smallest absolute Gasteiger partial charge is 0.0401 e. The number of aryl methyl sites for hydroxylation is 3. The van der Waals surface area contributed by atoms with Crippen molar-refractivity contribution in [3.63, 3.8) is 0 Å².